The van der Waals surface area contributed by atoms with Gasteiger partial charge < -0.3 is 5.32 Å². The van der Waals surface area contributed by atoms with Crippen molar-refractivity contribution in [1.82, 2.24) is 4.98 Å². The summed E-state index contributed by atoms with van der Waals surface area (Å²) in [6, 6.07) is 14.1. The Morgan fingerprint density at radius 3 is 2.29 bits per heavy atom. The second-order valence-electron chi connectivity index (χ2n) is 5.10. The molecule has 0 amide bonds. The molecule has 4 heteroatoms. The maximum absolute atomic E-state index is 6.35. The predicted molar refractivity (Wildman–Crippen MR) is 91.0 cm³/mol. The lowest BCUT2D eigenvalue weighted by atomic mass is 10.1. The molecule has 0 saturated carbocycles. The van der Waals surface area contributed by atoms with Crippen LogP contribution >= 0.6 is 23.2 Å². The van der Waals surface area contributed by atoms with Gasteiger partial charge in [0.25, 0.3) is 0 Å². The van der Waals surface area contributed by atoms with Gasteiger partial charge >= 0.3 is 0 Å². The molecule has 0 fully saturated rings. The first-order valence-electron chi connectivity index (χ1n) is 6.63. The van der Waals surface area contributed by atoms with Gasteiger partial charge in [0, 0.05) is 11.1 Å². The molecule has 2 aromatic carbocycles. The van der Waals surface area contributed by atoms with E-state index in [9.17, 15) is 0 Å². The van der Waals surface area contributed by atoms with E-state index in [0.29, 0.717) is 10.2 Å². The highest BCUT2D eigenvalue weighted by Crippen LogP contribution is 2.37. The van der Waals surface area contributed by atoms with Crippen LogP contribution in [0, 0.1) is 13.8 Å². The standard InChI is InChI=1S/C17H14Cl2N2/c1-10-3-6-12(7-4-10)20-16-13-9-11(2)5-8-14(13)21-17(19)15(16)18/h3-9H,1-2H3,(H,20,21). The Morgan fingerprint density at radius 2 is 1.57 bits per heavy atom. The summed E-state index contributed by atoms with van der Waals surface area (Å²) < 4.78 is 0. The third-order valence-electron chi connectivity index (χ3n) is 3.36. The smallest absolute Gasteiger partial charge is 0.150 e. The van der Waals surface area contributed by atoms with Gasteiger partial charge in [-0.3, -0.25) is 0 Å². The highest BCUT2D eigenvalue weighted by Gasteiger charge is 2.12. The molecule has 0 bridgehead atoms. The van der Waals surface area contributed by atoms with Crippen LogP contribution in [-0.4, -0.2) is 4.98 Å². The zero-order chi connectivity index (χ0) is 15.0. The molecular formula is C17H14Cl2N2. The fourth-order valence-electron chi connectivity index (χ4n) is 2.23. The second-order valence-corrected chi connectivity index (χ2v) is 5.84. The molecule has 0 aliphatic heterocycles. The van der Waals surface area contributed by atoms with Crippen molar-refractivity contribution in [3.05, 3.63) is 63.8 Å². The van der Waals surface area contributed by atoms with Gasteiger partial charge in [0.05, 0.1) is 11.2 Å². The molecule has 1 heterocycles. The number of hydrogen-bond donors (Lipinski definition) is 1. The highest BCUT2D eigenvalue weighted by atomic mass is 35.5. The quantitative estimate of drug-likeness (QED) is 0.595. The zero-order valence-electron chi connectivity index (χ0n) is 11.7. The molecule has 2 nitrogen and oxygen atoms in total. The van der Waals surface area contributed by atoms with Crippen LogP contribution in [0.25, 0.3) is 10.9 Å². The van der Waals surface area contributed by atoms with Crippen LogP contribution in [-0.2, 0) is 0 Å². The average molecular weight is 317 g/mol. The van der Waals surface area contributed by atoms with Gasteiger partial charge in [-0.15, -0.1) is 0 Å². The minimum atomic E-state index is 0.308. The molecule has 3 rings (SSSR count). The Kier molecular flexibility index (Phi) is 3.75. The molecule has 3 aromatic rings. The third-order valence-corrected chi connectivity index (χ3v) is 4.10. The van der Waals surface area contributed by atoms with E-state index in [1.54, 1.807) is 0 Å². The molecule has 0 aliphatic carbocycles. The lowest BCUT2D eigenvalue weighted by Crippen LogP contribution is -1.95. The molecule has 1 aromatic heterocycles. The van der Waals surface area contributed by atoms with E-state index in [1.165, 1.54) is 5.56 Å². The zero-order valence-corrected chi connectivity index (χ0v) is 13.3. The van der Waals surface area contributed by atoms with Crippen LogP contribution in [0.3, 0.4) is 0 Å². The number of rotatable bonds is 2. The molecule has 0 atom stereocenters. The largest absolute Gasteiger partial charge is 0.354 e. The van der Waals surface area contributed by atoms with E-state index in [0.717, 1.165) is 27.8 Å². The van der Waals surface area contributed by atoms with Crippen molar-refractivity contribution < 1.29 is 0 Å². The Bertz CT molecular complexity index is 811. The van der Waals surface area contributed by atoms with Crippen LogP contribution in [0.5, 0.6) is 0 Å². The predicted octanol–water partition coefficient (Wildman–Crippen LogP) is 5.90. The fraction of sp³-hybridized carbons (Fsp3) is 0.118. The van der Waals surface area contributed by atoms with Crippen molar-refractivity contribution >= 4 is 45.5 Å². The number of halogens is 2. The first-order chi connectivity index (χ1) is 10.0. The Labute approximate surface area is 133 Å². The summed E-state index contributed by atoms with van der Waals surface area (Å²) in [5, 5.41) is 5.07. The molecule has 0 spiro atoms. The van der Waals surface area contributed by atoms with Gasteiger partial charge in [-0.2, -0.15) is 0 Å². The number of anilines is 2. The minimum absolute atomic E-state index is 0.308. The Balaban J connectivity index is 2.17. The van der Waals surface area contributed by atoms with Gasteiger partial charge in [-0.05, 0) is 38.1 Å². The number of nitrogens with zero attached hydrogens (tertiary/aromatic N) is 1. The lowest BCUT2D eigenvalue weighted by Gasteiger charge is -2.13. The van der Waals surface area contributed by atoms with Gasteiger partial charge in [0.15, 0.2) is 0 Å². The van der Waals surface area contributed by atoms with Crippen LogP contribution in [0.2, 0.25) is 10.2 Å². The number of aromatic nitrogens is 1. The van der Waals surface area contributed by atoms with Gasteiger partial charge in [-0.25, -0.2) is 4.98 Å². The Morgan fingerprint density at radius 1 is 0.905 bits per heavy atom. The summed E-state index contributed by atoms with van der Waals surface area (Å²) in [6.07, 6.45) is 0. The van der Waals surface area contributed by atoms with Crippen LogP contribution in [0.15, 0.2) is 42.5 Å². The average Bonchev–Trinajstić information content (AvgIpc) is 2.47. The van der Waals surface area contributed by atoms with Crippen LogP contribution in [0.4, 0.5) is 11.4 Å². The molecule has 0 aliphatic rings. The van der Waals surface area contributed by atoms with E-state index in [-0.39, 0.29) is 0 Å². The van der Waals surface area contributed by atoms with Crippen LogP contribution in [0.1, 0.15) is 11.1 Å². The Hall–Kier alpha value is -1.77. The van der Waals surface area contributed by atoms with E-state index in [1.807, 2.05) is 43.3 Å². The van der Waals surface area contributed by atoms with Crippen molar-refractivity contribution in [2.45, 2.75) is 13.8 Å². The van der Waals surface area contributed by atoms with Crippen molar-refractivity contribution in [2.75, 3.05) is 5.32 Å². The number of nitrogens with one attached hydrogen (secondary N) is 1. The SMILES string of the molecule is Cc1ccc(Nc2c(Cl)c(Cl)nc3ccc(C)cc23)cc1. The van der Waals surface area contributed by atoms with Crippen molar-refractivity contribution in [3.63, 3.8) is 0 Å². The first kappa shape index (κ1) is 14.2. The molecule has 0 saturated heterocycles. The maximum atomic E-state index is 6.35. The molecule has 1 N–H and O–H groups in total. The summed E-state index contributed by atoms with van der Waals surface area (Å²) in [5.74, 6) is 0. The van der Waals surface area contributed by atoms with Crippen molar-refractivity contribution in [2.24, 2.45) is 0 Å². The lowest BCUT2D eigenvalue weighted by molar-refractivity contribution is 1.38. The molecule has 0 radical (unpaired) electrons. The van der Waals surface area contributed by atoms with E-state index >= 15 is 0 Å². The summed E-state index contributed by atoms with van der Waals surface area (Å²) in [6.45, 7) is 4.09. The van der Waals surface area contributed by atoms with Gasteiger partial charge in [0.2, 0.25) is 0 Å². The maximum Gasteiger partial charge on any atom is 0.150 e. The van der Waals surface area contributed by atoms with E-state index in [2.05, 4.69) is 23.3 Å². The monoisotopic (exact) mass is 316 g/mol. The molecule has 0 unspecified atom stereocenters. The number of benzene rings is 2. The van der Waals surface area contributed by atoms with Gasteiger partial charge in [-0.1, -0.05) is 52.5 Å². The fourth-order valence-corrected chi connectivity index (χ4v) is 2.60. The second kappa shape index (κ2) is 5.55. The van der Waals surface area contributed by atoms with Crippen molar-refractivity contribution in [1.29, 1.82) is 0 Å². The van der Waals surface area contributed by atoms with Crippen LogP contribution < -0.4 is 5.32 Å². The number of hydrogen-bond acceptors (Lipinski definition) is 2. The molecule has 21 heavy (non-hydrogen) atoms. The normalized spacial score (nSPS) is 10.9. The minimum Gasteiger partial charge on any atom is -0.354 e. The number of pyridine rings is 1. The van der Waals surface area contributed by atoms with Crippen molar-refractivity contribution in [3.8, 4) is 0 Å². The molecular weight excluding hydrogens is 303 g/mol. The third kappa shape index (κ3) is 2.82. The number of aryl methyl sites for hydroxylation is 2. The van der Waals surface area contributed by atoms with Gasteiger partial charge in [0.1, 0.15) is 10.2 Å². The summed E-state index contributed by atoms with van der Waals surface area (Å²) in [5.41, 5.74) is 4.94. The summed E-state index contributed by atoms with van der Waals surface area (Å²) in [4.78, 5) is 4.33. The van der Waals surface area contributed by atoms with E-state index < -0.39 is 0 Å². The highest BCUT2D eigenvalue weighted by molar-refractivity contribution is 6.44. The van der Waals surface area contributed by atoms with E-state index in [4.69, 9.17) is 23.2 Å². The first-order valence-corrected chi connectivity index (χ1v) is 7.39. The topological polar surface area (TPSA) is 24.9 Å². The summed E-state index contributed by atoms with van der Waals surface area (Å²) >= 11 is 12.5. The number of fused-ring (bicyclic) bond motifs is 1. The molecule has 106 valence electrons. The summed E-state index contributed by atoms with van der Waals surface area (Å²) in [7, 11) is 0.